The second-order valence-corrected chi connectivity index (χ2v) is 4.29. The fraction of sp³-hybridized carbons (Fsp3) is 0.462. The second kappa shape index (κ2) is 8.08. The first-order valence-electron chi connectivity index (χ1n) is 6.10. The third-order valence-electron chi connectivity index (χ3n) is 2.83. The molecule has 0 atom stereocenters. The van der Waals surface area contributed by atoms with Crippen LogP contribution in [0.3, 0.4) is 0 Å². The van der Waals surface area contributed by atoms with E-state index in [2.05, 4.69) is 16.0 Å². The molecule has 2 rings (SSSR count). The highest BCUT2D eigenvalue weighted by Crippen LogP contribution is 2.26. The third kappa shape index (κ3) is 3.70. The zero-order valence-corrected chi connectivity index (χ0v) is 11.4. The van der Waals surface area contributed by atoms with E-state index in [0.717, 1.165) is 44.6 Å². The normalized spacial score (nSPS) is 15.4. The van der Waals surface area contributed by atoms with Crippen molar-refractivity contribution in [2.75, 3.05) is 38.1 Å². The van der Waals surface area contributed by atoms with Crippen LogP contribution in [-0.4, -0.2) is 39.5 Å². The molecule has 0 saturated carbocycles. The summed E-state index contributed by atoms with van der Waals surface area (Å²) in [5.74, 6) is 0. The number of rotatable bonds is 2. The molecule has 1 aromatic rings. The van der Waals surface area contributed by atoms with Crippen LogP contribution in [0.25, 0.3) is 0 Å². The summed E-state index contributed by atoms with van der Waals surface area (Å²) in [6.07, 6.45) is 1.93. The van der Waals surface area contributed by atoms with Crippen LogP contribution in [0.5, 0.6) is 0 Å². The molecule has 0 unspecified atom stereocenters. The number of hydrogen-bond acceptors (Lipinski definition) is 4. The van der Waals surface area contributed by atoms with Crippen molar-refractivity contribution in [2.45, 2.75) is 6.42 Å². The van der Waals surface area contributed by atoms with E-state index in [1.807, 2.05) is 12.1 Å². The lowest BCUT2D eigenvalue weighted by atomic mass is 10.1. The Morgan fingerprint density at radius 1 is 1.33 bits per heavy atom. The Balaban J connectivity index is 0.000000771. The molecule has 18 heavy (non-hydrogen) atoms. The first kappa shape index (κ1) is 15.0. The fourth-order valence-corrected chi connectivity index (χ4v) is 2.22. The van der Waals surface area contributed by atoms with Crippen molar-refractivity contribution in [1.29, 1.82) is 0 Å². The summed E-state index contributed by atoms with van der Waals surface area (Å²) < 4.78 is 0. The summed E-state index contributed by atoms with van der Waals surface area (Å²) in [5.41, 5.74) is 6.05. The zero-order chi connectivity index (χ0) is 13.4. The highest BCUT2D eigenvalue weighted by Gasteiger charge is 2.14. The minimum atomic E-state index is 0.532. The van der Waals surface area contributed by atoms with Gasteiger partial charge in [0.05, 0.1) is 10.6 Å². The van der Waals surface area contributed by atoms with E-state index in [1.165, 1.54) is 7.05 Å². The van der Waals surface area contributed by atoms with Crippen molar-refractivity contribution in [3.63, 3.8) is 0 Å². The maximum Gasteiger partial charge on any atom is 0.153 e. The molecular weight excluding hydrogens is 250 g/mol. The van der Waals surface area contributed by atoms with Crippen molar-refractivity contribution >= 4 is 23.6 Å². The Kier molecular flexibility index (Phi) is 6.72. The predicted molar refractivity (Wildman–Crippen MR) is 76.7 cm³/mol. The number of nitrogens with zero attached hydrogens (tertiary/aromatic N) is 1. The quantitative estimate of drug-likeness (QED) is 0.800. The monoisotopic (exact) mass is 269 g/mol. The Morgan fingerprint density at radius 2 is 2.11 bits per heavy atom. The number of carbonyl (C=O) groups excluding carboxylic acids is 1. The molecule has 3 N–H and O–H groups in total. The van der Waals surface area contributed by atoms with Gasteiger partial charge in [-0.05, 0) is 32.1 Å². The maximum absolute atomic E-state index is 11.0. The molecule has 0 bridgehead atoms. The van der Waals surface area contributed by atoms with Gasteiger partial charge < -0.3 is 16.0 Å². The van der Waals surface area contributed by atoms with Crippen molar-refractivity contribution in [3.05, 3.63) is 28.8 Å². The number of nitrogens with two attached hydrogens (primary N) is 1. The van der Waals surface area contributed by atoms with Gasteiger partial charge in [-0.2, -0.15) is 0 Å². The van der Waals surface area contributed by atoms with Crippen LogP contribution in [0.4, 0.5) is 5.69 Å². The average Bonchev–Trinajstić information content (AvgIpc) is 2.69. The zero-order valence-electron chi connectivity index (χ0n) is 10.7. The van der Waals surface area contributed by atoms with E-state index in [4.69, 9.17) is 11.6 Å². The number of hydrogen-bond donors (Lipinski definition) is 2. The molecule has 0 radical (unpaired) electrons. The number of carbonyl (C=O) groups is 1. The van der Waals surface area contributed by atoms with Gasteiger partial charge in [-0.1, -0.05) is 17.7 Å². The van der Waals surface area contributed by atoms with E-state index in [0.29, 0.717) is 10.6 Å². The molecule has 5 heteroatoms. The summed E-state index contributed by atoms with van der Waals surface area (Å²) in [4.78, 5) is 13.3. The number of anilines is 1. The molecule has 1 saturated heterocycles. The highest BCUT2D eigenvalue weighted by molar-refractivity contribution is 6.33. The summed E-state index contributed by atoms with van der Waals surface area (Å²) in [7, 11) is 1.50. The van der Waals surface area contributed by atoms with E-state index in [1.54, 1.807) is 6.07 Å². The van der Waals surface area contributed by atoms with Crippen molar-refractivity contribution in [3.8, 4) is 0 Å². The van der Waals surface area contributed by atoms with Gasteiger partial charge in [-0.15, -0.1) is 0 Å². The van der Waals surface area contributed by atoms with Crippen LogP contribution in [0, 0.1) is 0 Å². The van der Waals surface area contributed by atoms with Crippen molar-refractivity contribution in [2.24, 2.45) is 5.73 Å². The van der Waals surface area contributed by atoms with Gasteiger partial charge in [0.1, 0.15) is 0 Å². The Hall–Kier alpha value is -1.10. The van der Waals surface area contributed by atoms with Crippen LogP contribution in [-0.2, 0) is 0 Å². The first-order valence-corrected chi connectivity index (χ1v) is 6.48. The molecule has 0 aromatic heterocycles. The van der Waals surface area contributed by atoms with Crippen LogP contribution in [0.15, 0.2) is 18.2 Å². The Labute approximate surface area is 113 Å². The number of aldehydes is 1. The van der Waals surface area contributed by atoms with E-state index < -0.39 is 0 Å². The molecule has 1 aromatic carbocycles. The number of nitrogens with one attached hydrogen (secondary N) is 1. The van der Waals surface area contributed by atoms with Gasteiger partial charge in [-0.25, -0.2) is 0 Å². The second-order valence-electron chi connectivity index (χ2n) is 3.88. The smallest absolute Gasteiger partial charge is 0.153 e. The summed E-state index contributed by atoms with van der Waals surface area (Å²) in [5, 5.41) is 3.87. The van der Waals surface area contributed by atoms with E-state index in [9.17, 15) is 4.79 Å². The average molecular weight is 270 g/mol. The van der Waals surface area contributed by atoms with Gasteiger partial charge in [0.25, 0.3) is 0 Å². The molecule has 1 aliphatic rings. The van der Waals surface area contributed by atoms with Crippen LogP contribution in [0.1, 0.15) is 16.8 Å². The minimum Gasteiger partial charge on any atom is -0.370 e. The topological polar surface area (TPSA) is 58.4 Å². The molecule has 0 aliphatic carbocycles. The molecular formula is C13H20ClN3O. The Morgan fingerprint density at radius 3 is 2.83 bits per heavy atom. The largest absolute Gasteiger partial charge is 0.370 e. The lowest BCUT2D eigenvalue weighted by Gasteiger charge is -2.24. The van der Waals surface area contributed by atoms with E-state index >= 15 is 0 Å². The van der Waals surface area contributed by atoms with Crippen LogP contribution >= 0.6 is 11.6 Å². The SMILES string of the molecule is CN.O=Cc1c(Cl)cccc1N1CCCNCC1. The van der Waals surface area contributed by atoms with Gasteiger partial charge in [-0.3, -0.25) is 4.79 Å². The maximum atomic E-state index is 11.0. The minimum absolute atomic E-state index is 0.532. The Bertz CT molecular complexity index is 376. The van der Waals surface area contributed by atoms with Crippen LogP contribution in [0.2, 0.25) is 5.02 Å². The van der Waals surface area contributed by atoms with Gasteiger partial charge in [0, 0.05) is 25.3 Å². The molecule has 0 amide bonds. The number of halogens is 1. The van der Waals surface area contributed by atoms with Crippen molar-refractivity contribution in [1.82, 2.24) is 5.32 Å². The summed E-state index contributed by atoms with van der Waals surface area (Å²) >= 11 is 6.02. The molecule has 1 aliphatic heterocycles. The van der Waals surface area contributed by atoms with Crippen LogP contribution < -0.4 is 16.0 Å². The molecule has 1 fully saturated rings. The standard InChI is InChI=1S/C12H15ClN2O.CH5N/c13-11-3-1-4-12(10(11)9-16)15-7-2-5-14-6-8-15;1-2/h1,3-4,9,14H,2,5-8H2;2H2,1H3. The van der Waals surface area contributed by atoms with E-state index in [-0.39, 0.29) is 0 Å². The molecule has 0 spiro atoms. The van der Waals surface area contributed by atoms with Gasteiger partial charge in [0.15, 0.2) is 6.29 Å². The summed E-state index contributed by atoms with van der Waals surface area (Å²) in [6, 6.07) is 5.61. The summed E-state index contributed by atoms with van der Waals surface area (Å²) in [6.45, 7) is 3.87. The molecule has 4 nitrogen and oxygen atoms in total. The fourth-order valence-electron chi connectivity index (χ4n) is 2.00. The molecule has 1 heterocycles. The van der Waals surface area contributed by atoms with Crippen molar-refractivity contribution < 1.29 is 4.79 Å². The lowest BCUT2D eigenvalue weighted by molar-refractivity contribution is 0.112. The van der Waals surface area contributed by atoms with Gasteiger partial charge >= 0.3 is 0 Å². The highest BCUT2D eigenvalue weighted by atomic mass is 35.5. The third-order valence-corrected chi connectivity index (χ3v) is 3.16. The number of benzene rings is 1. The predicted octanol–water partition coefficient (Wildman–Crippen LogP) is 1.53. The molecule has 100 valence electrons. The lowest BCUT2D eigenvalue weighted by Crippen LogP contribution is -2.28. The first-order chi connectivity index (χ1) is 8.83. The van der Waals surface area contributed by atoms with Gasteiger partial charge in [0.2, 0.25) is 0 Å².